The van der Waals surface area contributed by atoms with Crippen LogP contribution in [0, 0.1) is 5.41 Å². The van der Waals surface area contributed by atoms with E-state index in [0.717, 1.165) is 30.6 Å². The standard InChI is InChI=1S/C20H24N2O5S2/c23-17(13-20(14-18(24)25)10-4-1-5-11-20)21-15-7-2-3-8-16(15)22-29(26,27)19-9-6-12-28-19/h2-3,6-9,12,22H,1,4-5,10-11,13-14H2,(H,21,23)(H,24,25). The van der Waals surface area contributed by atoms with Crippen molar-refractivity contribution in [2.75, 3.05) is 10.0 Å². The van der Waals surface area contributed by atoms with Crippen LogP contribution in [0.1, 0.15) is 44.9 Å². The monoisotopic (exact) mass is 436 g/mol. The molecule has 1 aromatic carbocycles. The number of nitrogens with one attached hydrogen (secondary N) is 2. The molecule has 7 nitrogen and oxygen atoms in total. The smallest absolute Gasteiger partial charge is 0.303 e. The van der Waals surface area contributed by atoms with Crippen LogP contribution in [0.3, 0.4) is 0 Å². The molecule has 1 heterocycles. The van der Waals surface area contributed by atoms with Gasteiger partial charge in [-0.1, -0.05) is 37.5 Å². The molecule has 2 aromatic rings. The lowest BCUT2D eigenvalue weighted by Crippen LogP contribution is -2.32. The van der Waals surface area contributed by atoms with Crippen LogP contribution in [-0.2, 0) is 19.6 Å². The number of para-hydroxylation sites is 2. The fraction of sp³-hybridized carbons (Fsp3) is 0.400. The van der Waals surface area contributed by atoms with Gasteiger partial charge in [0.1, 0.15) is 4.21 Å². The Kier molecular flexibility index (Phi) is 6.59. The fourth-order valence-electron chi connectivity index (χ4n) is 3.87. The minimum absolute atomic E-state index is 0.0346. The normalized spacial score (nSPS) is 16.1. The zero-order valence-corrected chi connectivity index (χ0v) is 17.5. The van der Waals surface area contributed by atoms with E-state index in [1.54, 1.807) is 35.7 Å². The summed E-state index contributed by atoms with van der Waals surface area (Å²) in [7, 11) is -3.74. The van der Waals surface area contributed by atoms with Crippen LogP contribution in [0.2, 0.25) is 0 Å². The first-order valence-electron chi connectivity index (χ1n) is 9.47. The van der Waals surface area contributed by atoms with Gasteiger partial charge in [0.2, 0.25) is 5.91 Å². The number of carboxylic acid groups (broad SMARTS) is 1. The van der Waals surface area contributed by atoms with Crippen molar-refractivity contribution in [1.82, 2.24) is 0 Å². The van der Waals surface area contributed by atoms with Crippen LogP contribution in [-0.4, -0.2) is 25.4 Å². The van der Waals surface area contributed by atoms with E-state index in [9.17, 15) is 23.1 Å². The first-order chi connectivity index (χ1) is 13.8. The Morgan fingerprint density at radius 1 is 1.00 bits per heavy atom. The second-order valence-corrected chi connectivity index (χ2v) is 10.3. The molecule has 0 saturated heterocycles. The van der Waals surface area contributed by atoms with Crippen molar-refractivity contribution in [3.05, 3.63) is 41.8 Å². The summed E-state index contributed by atoms with van der Waals surface area (Å²) in [6.07, 6.45) is 4.36. The molecule has 0 atom stereocenters. The summed E-state index contributed by atoms with van der Waals surface area (Å²) in [6, 6.07) is 9.73. The zero-order valence-electron chi connectivity index (χ0n) is 15.9. The van der Waals surface area contributed by atoms with Crippen molar-refractivity contribution in [2.45, 2.75) is 49.2 Å². The molecule has 156 valence electrons. The Balaban J connectivity index is 1.74. The molecular weight excluding hydrogens is 412 g/mol. The van der Waals surface area contributed by atoms with Gasteiger partial charge in [0.15, 0.2) is 0 Å². The van der Waals surface area contributed by atoms with Crippen LogP contribution in [0.15, 0.2) is 46.0 Å². The maximum Gasteiger partial charge on any atom is 0.303 e. The van der Waals surface area contributed by atoms with Crippen LogP contribution >= 0.6 is 11.3 Å². The Hall–Kier alpha value is -2.39. The van der Waals surface area contributed by atoms with Crippen LogP contribution in [0.4, 0.5) is 11.4 Å². The van der Waals surface area contributed by atoms with Crippen molar-refractivity contribution in [1.29, 1.82) is 0 Å². The van der Waals surface area contributed by atoms with Gasteiger partial charge in [-0.3, -0.25) is 14.3 Å². The molecule has 3 N–H and O–H groups in total. The van der Waals surface area contributed by atoms with Gasteiger partial charge in [0.05, 0.1) is 17.8 Å². The zero-order chi connectivity index (χ0) is 20.9. The number of carboxylic acids is 1. The third-order valence-electron chi connectivity index (χ3n) is 5.18. The summed E-state index contributed by atoms with van der Waals surface area (Å²) >= 11 is 1.10. The minimum Gasteiger partial charge on any atom is -0.481 e. The molecule has 1 saturated carbocycles. The van der Waals surface area contributed by atoms with Gasteiger partial charge in [-0.15, -0.1) is 11.3 Å². The van der Waals surface area contributed by atoms with E-state index < -0.39 is 21.4 Å². The van der Waals surface area contributed by atoms with Crippen LogP contribution in [0.25, 0.3) is 0 Å². The average molecular weight is 437 g/mol. The minimum atomic E-state index is -3.74. The highest BCUT2D eigenvalue weighted by atomic mass is 32.2. The molecule has 1 aliphatic carbocycles. The number of benzene rings is 1. The summed E-state index contributed by atoms with van der Waals surface area (Å²) in [5.74, 6) is -1.21. The Morgan fingerprint density at radius 2 is 1.69 bits per heavy atom. The molecule has 0 bridgehead atoms. The number of anilines is 2. The Labute approximate surface area is 174 Å². The van der Waals surface area contributed by atoms with Gasteiger partial charge in [-0.25, -0.2) is 8.42 Å². The lowest BCUT2D eigenvalue weighted by atomic mass is 9.69. The maximum atomic E-state index is 12.7. The molecule has 3 rings (SSSR count). The van der Waals surface area contributed by atoms with E-state index in [0.29, 0.717) is 18.5 Å². The maximum absolute atomic E-state index is 12.7. The van der Waals surface area contributed by atoms with E-state index in [4.69, 9.17) is 0 Å². The highest BCUT2D eigenvalue weighted by Crippen LogP contribution is 2.42. The Morgan fingerprint density at radius 3 is 2.31 bits per heavy atom. The number of carbonyl (C=O) groups is 2. The molecule has 1 aliphatic rings. The second-order valence-electron chi connectivity index (χ2n) is 7.44. The molecule has 9 heteroatoms. The number of aliphatic carboxylic acids is 1. The van der Waals surface area contributed by atoms with Gasteiger partial charge in [0, 0.05) is 6.42 Å². The lowest BCUT2D eigenvalue weighted by molar-refractivity contribution is -0.140. The molecule has 1 amide bonds. The lowest BCUT2D eigenvalue weighted by Gasteiger charge is -2.35. The van der Waals surface area contributed by atoms with Gasteiger partial charge < -0.3 is 10.4 Å². The van der Waals surface area contributed by atoms with Crippen LogP contribution < -0.4 is 10.0 Å². The first-order valence-corrected chi connectivity index (χ1v) is 11.8. The summed E-state index contributed by atoms with van der Waals surface area (Å²) in [4.78, 5) is 24.1. The highest BCUT2D eigenvalue weighted by molar-refractivity contribution is 7.94. The average Bonchev–Trinajstić information content (AvgIpc) is 3.19. The molecule has 0 radical (unpaired) electrons. The molecular formula is C20H24N2O5S2. The summed E-state index contributed by atoms with van der Waals surface area (Å²) in [5, 5.41) is 13.7. The highest BCUT2D eigenvalue weighted by Gasteiger charge is 2.36. The van der Waals surface area contributed by atoms with Crippen molar-refractivity contribution >= 4 is 44.6 Å². The summed E-state index contributed by atoms with van der Waals surface area (Å²) in [5.41, 5.74) is 0.0728. The third kappa shape index (κ3) is 5.57. The number of thiophene rings is 1. The van der Waals surface area contributed by atoms with E-state index in [1.165, 1.54) is 6.07 Å². The van der Waals surface area contributed by atoms with Gasteiger partial charge in [-0.05, 0) is 41.8 Å². The SMILES string of the molecule is O=C(O)CC1(CC(=O)Nc2ccccc2NS(=O)(=O)c2cccs2)CCCCC1. The van der Waals surface area contributed by atoms with Crippen molar-refractivity contribution in [3.63, 3.8) is 0 Å². The second kappa shape index (κ2) is 8.96. The van der Waals surface area contributed by atoms with Crippen molar-refractivity contribution in [2.24, 2.45) is 5.41 Å². The van der Waals surface area contributed by atoms with Crippen LogP contribution in [0.5, 0.6) is 0 Å². The third-order valence-corrected chi connectivity index (χ3v) is 7.94. The molecule has 0 unspecified atom stereocenters. The molecule has 0 aliphatic heterocycles. The number of hydrogen-bond donors (Lipinski definition) is 3. The summed E-state index contributed by atoms with van der Waals surface area (Å²) < 4.78 is 27.7. The van der Waals surface area contributed by atoms with Crippen molar-refractivity contribution < 1.29 is 23.1 Å². The van der Waals surface area contributed by atoms with E-state index in [-0.39, 0.29) is 28.6 Å². The molecule has 1 aromatic heterocycles. The fourth-order valence-corrected chi connectivity index (χ4v) is 5.94. The predicted molar refractivity (Wildman–Crippen MR) is 113 cm³/mol. The van der Waals surface area contributed by atoms with Crippen molar-refractivity contribution in [3.8, 4) is 0 Å². The van der Waals surface area contributed by atoms with Gasteiger partial charge in [-0.2, -0.15) is 0 Å². The number of sulfonamides is 1. The van der Waals surface area contributed by atoms with Gasteiger partial charge in [0.25, 0.3) is 10.0 Å². The topological polar surface area (TPSA) is 113 Å². The molecule has 1 fully saturated rings. The van der Waals surface area contributed by atoms with E-state index in [2.05, 4.69) is 10.0 Å². The number of hydrogen-bond acceptors (Lipinski definition) is 5. The van der Waals surface area contributed by atoms with E-state index in [1.807, 2.05) is 0 Å². The van der Waals surface area contributed by atoms with E-state index >= 15 is 0 Å². The number of amides is 1. The molecule has 0 spiro atoms. The number of rotatable bonds is 8. The summed E-state index contributed by atoms with van der Waals surface area (Å²) in [6.45, 7) is 0. The predicted octanol–water partition coefficient (Wildman–Crippen LogP) is 4.30. The molecule has 29 heavy (non-hydrogen) atoms. The quantitative estimate of drug-likeness (QED) is 0.571. The first kappa shape index (κ1) is 21.3. The number of carbonyl (C=O) groups excluding carboxylic acids is 1. The van der Waals surface area contributed by atoms with Gasteiger partial charge >= 0.3 is 5.97 Å². The Bertz CT molecular complexity index is 965. The largest absolute Gasteiger partial charge is 0.481 e.